The van der Waals surface area contributed by atoms with Crippen LogP contribution in [0.5, 0.6) is 0 Å². The maximum atomic E-state index is 4.28. The highest BCUT2D eigenvalue weighted by atomic mass is 15.2. The first-order valence-corrected chi connectivity index (χ1v) is 6.74. The number of rotatable bonds is 8. The fourth-order valence-corrected chi connectivity index (χ4v) is 1.88. The average molecular weight is 259 g/mol. The second kappa shape index (κ2) is 7.53. The molecule has 0 aromatic carbocycles. The van der Waals surface area contributed by atoms with Crippen LogP contribution < -0.4 is 10.6 Å². The zero-order chi connectivity index (χ0) is 13.3. The van der Waals surface area contributed by atoms with Crippen LogP contribution >= 0.6 is 0 Å². The van der Waals surface area contributed by atoms with Gasteiger partial charge in [-0.2, -0.15) is 0 Å². The molecule has 2 N–H and O–H groups in total. The molecule has 0 spiro atoms. The van der Waals surface area contributed by atoms with Gasteiger partial charge in [0.25, 0.3) is 0 Å². The van der Waals surface area contributed by atoms with Crippen molar-refractivity contribution in [1.82, 2.24) is 19.9 Å². The van der Waals surface area contributed by atoms with E-state index in [-0.39, 0.29) is 0 Å². The van der Waals surface area contributed by atoms with E-state index in [4.69, 9.17) is 0 Å². The molecule has 102 valence electrons. The van der Waals surface area contributed by atoms with Gasteiger partial charge in [-0.05, 0) is 31.5 Å². The molecule has 0 fully saturated rings. The summed E-state index contributed by atoms with van der Waals surface area (Å²) in [5.41, 5.74) is 1.22. The van der Waals surface area contributed by atoms with Gasteiger partial charge < -0.3 is 15.2 Å². The number of nitrogens with zero attached hydrogens (tertiary/aromatic N) is 3. The Bertz CT molecular complexity index is 466. The lowest BCUT2D eigenvalue weighted by Crippen LogP contribution is -2.18. The Balaban J connectivity index is 1.58. The van der Waals surface area contributed by atoms with Crippen LogP contribution in [0.25, 0.3) is 0 Å². The number of anilines is 1. The van der Waals surface area contributed by atoms with Gasteiger partial charge in [0.1, 0.15) is 0 Å². The summed E-state index contributed by atoms with van der Waals surface area (Å²) in [6.07, 6.45) is 8.57. The van der Waals surface area contributed by atoms with E-state index >= 15 is 0 Å². The van der Waals surface area contributed by atoms with Gasteiger partial charge in [-0.25, -0.2) is 4.98 Å². The Morgan fingerprint density at radius 3 is 3.00 bits per heavy atom. The molecule has 0 aliphatic heterocycles. The van der Waals surface area contributed by atoms with E-state index in [0.29, 0.717) is 0 Å². The zero-order valence-corrected chi connectivity index (χ0v) is 11.3. The Hall–Kier alpha value is -1.88. The number of nitrogens with one attached hydrogen (secondary N) is 2. The van der Waals surface area contributed by atoms with E-state index in [1.807, 2.05) is 24.7 Å². The van der Waals surface area contributed by atoms with Crippen LogP contribution in [0, 0.1) is 0 Å². The maximum Gasteiger partial charge on any atom is 0.202 e. The third kappa shape index (κ3) is 4.37. The Morgan fingerprint density at radius 1 is 1.26 bits per heavy atom. The van der Waals surface area contributed by atoms with Crippen LogP contribution in [0.4, 0.5) is 5.95 Å². The molecular weight excluding hydrogens is 238 g/mol. The summed E-state index contributed by atoms with van der Waals surface area (Å²) in [4.78, 5) is 8.36. The van der Waals surface area contributed by atoms with Gasteiger partial charge in [0.2, 0.25) is 5.95 Å². The van der Waals surface area contributed by atoms with Crippen LogP contribution in [0.3, 0.4) is 0 Å². The molecule has 2 aromatic heterocycles. The molecule has 2 aromatic rings. The molecule has 2 heterocycles. The van der Waals surface area contributed by atoms with Crippen molar-refractivity contribution in [1.29, 1.82) is 0 Å². The molecule has 5 nitrogen and oxygen atoms in total. The lowest BCUT2D eigenvalue weighted by molar-refractivity contribution is 0.658. The molecule has 0 atom stereocenters. The van der Waals surface area contributed by atoms with Crippen LogP contribution in [0.2, 0.25) is 0 Å². The van der Waals surface area contributed by atoms with E-state index < -0.39 is 0 Å². The third-order valence-corrected chi connectivity index (χ3v) is 2.92. The minimum atomic E-state index is 0.872. The fourth-order valence-electron chi connectivity index (χ4n) is 1.88. The van der Waals surface area contributed by atoms with Gasteiger partial charge in [-0.15, -0.1) is 0 Å². The minimum absolute atomic E-state index is 0.872. The zero-order valence-electron chi connectivity index (χ0n) is 11.3. The molecule has 19 heavy (non-hydrogen) atoms. The van der Waals surface area contributed by atoms with Crippen molar-refractivity contribution in [3.05, 3.63) is 42.5 Å². The number of hydrogen-bond acceptors (Lipinski definition) is 4. The summed E-state index contributed by atoms with van der Waals surface area (Å²) in [5.74, 6) is 0.953. The second-order valence-corrected chi connectivity index (χ2v) is 4.36. The molecule has 0 saturated heterocycles. The summed E-state index contributed by atoms with van der Waals surface area (Å²) in [7, 11) is 0. The van der Waals surface area contributed by atoms with Crippen molar-refractivity contribution in [2.24, 2.45) is 0 Å². The Kier molecular flexibility index (Phi) is 5.37. The van der Waals surface area contributed by atoms with Gasteiger partial charge in [-0.3, -0.25) is 4.98 Å². The van der Waals surface area contributed by atoms with Crippen LogP contribution in [-0.2, 0) is 13.1 Å². The standard InChI is InChI=1S/C14H21N5/c1-2-19-10-9-18-14(19)17-8-4-7-16-12-13-5-3-6-15-11-13/h3,5-6,9-11,16H,2,4,7-8,12H2,1H3,(H,17,18). The van der Waals surface area contributed by atoms with Gasteiger partial charge in [0, 0.05) is 44.4 Å². The Labute approximate surface area is 114 Å². The van der Waals surface area contributed by atoms with Crippen molar-refractivity contribution in [3.63, 3.8) is 0 Å². The number of aromatic nitrogens is 3. The molecule has 0 aliphatic carbocycles. The second-order valence-electron chi connectivity index (χ2n) is 4.36. The van der Waals surface area contributed by atoms with Crippen LogP contribution in [0.1, 0.15) is 18.9 Å². The summed E-state index contributed by atoms with van der Waals surface area (Å²) in [6.45, 7) is 5.84. The number of imidazole rings is 1. The predicted octanol–water partition coefficient (Wildman–Crippen LogP) is 1.89. The number of pyridine rings is 1. The van der Waals surface area contributed by atoms with Crippen molar-refractivity contribution in [2.75, 3.05) is 18.4 Å². The maximum absolute atomic E-state index is 4.28. The first-order valence-electron chi connectivity index (χ1n) is 6.74. The van der Waals surface area contributed by atoms with Crippen molar-refractivity contribution >= 4 is 5.95 Å². The largest absolute Gasteiger partial charge is 0.356 e. The highest BCUT2D eigenvalue weighted by Crippen LogP contribution is 2.03. The van der Waals surface area contributed by atoms with E-state index in [1.54, 1.807) is 6.20 Å². The predicted molar refractivity (Wildman–Crippen MR) is 77.0 cm³/mol. The van der Waals surface area contributed by atoms with Gasteiger partial charge in [-0.1, -0.05) is 6.07 Å². The monoisotopic (exact) mass is 259 g/mol. The third-order valence-electron chi connectivity index (χ3n) is 2.92. The average Bonchev–Trinajstić information content (AvgIpc) is 2.91. The molecule has 0 unspecified atom stereocenters. The topological polar surface area (TPSA) is 54.8 Å². The van der Waals surface area contributed by atoms with Crippen molar-refractivity contribution in [2.45, 2.75) is 26.4 Å². The molecule has 0 aliphatic rings. The van der Waals surface area contributed by atoms with Crippen molar-refractivity contribution in [3.8, 4) is 0 Å². The molecular formula is C14H21N5. The smallest absolute Gasteiger partial charge is 0.202 e. The first kappa shape index (κ1) is 13.5. The van der Waals surface area contributed by atoms with E-state index in [9.17, 15) is 0 Å². The minimum Gasteiger partial charge on any atom is -0.356 e. The molecule has 0 bridgehead atoms. The SMILES string of the molecule is CCn1ccnc1NCCCNCc1cccnc1. The first-order chi connectivity index (χ1) is 9.40. The van der Waals surface area contributed by atoms with E-state index in [1.165, 1.54) is 5.56 Å². The van der Waals surface area contributed by atoms with E-state index in [2.05, 4.69) is 38.2 Å². The normalized spacial score (nSPS) is 10.6. The highest BCUT2D eigenvalue weighted by Gasteiger charge is 1.98. The molecule has 0 saturated carbocycles. The van der Waals surface area contributed by atoms with E-state index in [0.717, 1.165) is 38.5 Å². The summed E-state index contributed by atoms with van der Waals surface area (Å²) < 4.78 is 2.10. The molecule has 0 radical (unpaired) electrons. The number of hydrogen-bond donors (Lipinski definition) is 2. The lowest BCUT2D eigenvalue weighted by atomic mass is 10.3. The quantitative estimate of drug-likeness (QED) is 0.711. The van der Waals surface area contributed by atoms with Gasteiger partial charge >= 0.3 is 0 Å². The van der Waals surface area contributed by atoms with Crippen LogP contribution in [-0.4, -0.2) is 27.6 Å². The molecule has 2 rings (SSSR count). The summed E-state index contributed by atoms with van der Waals surface area (Å²) in [5, 5.41) is 6.75. The Morgan fingerprint density at radius 2 is 2.21 bits per heavy atom. The fraction of sp³-hybridized carbons (Fsp3) is 0.429. The number of aryl methyl sites for hydroxylation is 1. The highest BCUT2D eigenvalue weighted by molar-refractivity contribution is 5.25. The van der Waals surface area contributed by atoms with Crippen molar-refractivity contribution < 1.29 is 0 Å². The van der Waals surface area contributed by atoms with Crippen LogP contribution in [0.15, 0.2) is 36.9 Å². The van der Waals surface area contributed by atoms with Gasteiger partial charge in [0.05, 0.1) is 0 Å². The summed E-state index contributed by atoms with van der Waals surface area (Å²) in [6, 6.07) is 4.04. The van der Waals surface area contributed by atoms with Gasteiger partial charge in [0.15, 0.2) is 0 Å². The summed E-state index contributed by atoms with van der Waals surface area (Å²) >= 11 is 0. The molecule has 0 amide bonds. The molecule has 5 heteroatoms. The lowest BCUT2D eigenvalue weighted by Gasteiger charge is -2.08.